The molecule has 0 atom stereocenters. The van der Waals surface area contributed by atoms with Gasteiger partial charge in [-0.05, 0) is 67.3 Å². The Hall–Kier alpha value is -4.50. The molecule has 1 fully saturated rings. The van der Waals surface area contributed by atoms with E-state index in [1.807, 2.05) is 57.4 Å². The fraction of sp³-hybridized carbons (Fsp3) is 0.375. The normalized spacial score (nSPS) is 14.1. The molecule has 4 rings (SSSR count). The number of ether oxygens (including phenoxy) is 1. The van der Waals surface area contributed by atoms with E-state index in [-0.39, 0.29) is 5.97 Å². The highest BCUT2D eigenvalue weighted by Crippen LogP contribution is 2.22. The first-order valence-electron chi connectivity index (χ1n) is 14.1. The Labute approximate surface area is 267 Å². The highest BCUT2D eigenvalue weighted by atomic mass is 19.4. The van der Waals surface area contributed by atoms with E-state index in [9.17, 15) is 31.1 Å². The lowest BCUT2D eigenvalue weighted by atomic mass is 10.0. The van der Waals surface area contributed by atoms with Crippen molar-refractivity contribution < 1.29 is 55.7 Å². The quantitative estimate of drug-likeness (QED) is 0.230. The average Bonchev–Trinajstić information content (AvgIpc) is 2.98. The monoisotopic (exact) mass is 671 g/mol. The number of piperazine rings is 1. The lowest BCUT2D eigenvalue weighted by Crippen LogP contribution is -2.45. The first-order chi connectivity index (χ1) is 21.7. The number of hydrogen-bond acceptors (Lipinski definition) is 7. The molecule has 0 amide bonds. The van der Waals surface area contributed by atoms with E-state index in [1.165, 1.54) is 11.1 Å². The highest BCUT2D eigenvalue weighted by Gasteiger charge is 2.38. The van der Waals surface area contributed by atoms with Gasteiger partial charge in [-0.25, -0.2) is 14.4 Å². The van der Waals surface area contributed by atoms with Crippen LogP contribution >= 0.6 is 0 Å². The standard InChI is InChI=1S/C28H33N3O2.2C2HF3O2/c1-28(2,3)33-27(32)26-10-8-25(9-11-26)24-6-4-22(5-7-24)20-30-16-18-31(19-17-30)21-23-12-14-29-15-13-23;2*3-2(4,5)1(6)7/h4-15H,16-21H2,1-3H3;2*(H,6,7). The summed E-state index contributed by atoms with van der Waals surface area (Å²) in [6.45, 7) is 11.9. The van der Waals surface area contributed by atoms with Crippen molar-refractivity contribution in [2.24, 2.45) is 0 Å². The molecule has 0 unspecified atom stereocenters. The molecule has 0 spiro atoms. The van der Waals surface area contributed by atoms with Crippen molar-refractivity contribution in [3.05, 3.63) is 89.7 Å². The molecular weight excluding hydrogens is 636 g/mol. The molecule has 0 aliphatic carbocycles. The minimum Gasteiger partial charge on any atom is -0.475 e. The van der Waals surface area contributed by atoms with Crippen molar-refractivity contribution in [3.8, 4) is 11.1 Å². The summed E-state index contributed by atoms with van der Waals surface area (Å²) in [5.41, 5.74) is 4.99. The third kappa shape index (κ3) is 14.6. The maximum atomic E-state index is 12.2. The van der Waals surface area contributed by atoms with Gasteiger partial charge in [0.1, 0.15) is 5.60 Å². The number of rotatable bonds is 6. The Kier molecular flexibility index (Phi) is 13.9. The zero-order valence-corrected chi connectivity index (χ0v) is 25.8. The van der Waals surface area contributed by atoms with Crippen LogP contribution in [0.2, 0.25) is 0 Å². The van der Waals surface area contributed by atoms with Gasteiger partial charge < -0.3 is 14.9 Å². The summed E-state index contributed by atoms with van der Waals surface area (Å²) in [6.07, 6.45) is -6.44. The number of hydrogen-bond donors (Lipinski definition) is 2. The molecule has 256 valence electrons. The molecular formula is C32H35F6N3O6. The number of carboxylic acids is 2. The third-order valence-corrected chi connectivity index (χ3v) is 6.32. The van der Waals surface area contributed by atoms with Crippen LogP contribution in [-0.2, 0) is 27.4 Å². The summed E-state index contributed by atoms with van der Waals surface area (Å²) in [7, 11) is 0. The summed E-state index contributed by atoms with van der Waals surface area (Å²) < 4.78 is 68.9. The van der Waals surface area contributed by atoms with E-state index in [2.05, 4.69) is 51.2 Å². The zero-order valence-electron chi connectivity index (χ0n) is 25.8. The number of benzene rings is 2. The molecule has 47 heavy (non-hydrogen) atoms. The van der Waals surface area contributed by atoms with Crippen molar-refractivity contribution in [3.63, 3.8) is 0 Å². The van der Waals surface area contributed by atoms with Crippen LogP contribution in [0.1, 0.15) is 42.3 Å². The van der Waals surface area contributed by atoms with Gasteiger partial charge in [-0.1, -0.05) is 36.4 Å². The van der Waals surface area contributed by atoms with E-state index in [1.54, 1.807) is 0 Å². The van der Waals surface area contributed by atoms with E-state index >= 15 is 0 Å². The number of carbonyl (C=O) groups is 3. The smallest absolute Gasteiger partial charge is 0.475 e. The predicted octanol–water partition coefficient (Wildman–Crippen LogP) is 6.29. The Balaban J connectivity index is 0.000000459. The fourth-order valence-corrected chi connectivity index (χ4v) is 4.05. The van der Waals surface area contributed by atoms with Crippen molar-refractivity contribution in [1.82, 2.24) is 14.8 Å². The number of aliphatic carboxylic acids is 2. The van der Waals surface area contributed by atoms with Gasteiger partial charge in [0.25, 0.3) is 0 Å². The van der Waals surface area contributed by atoms with Crippen LogP contribution in [0.5, 0.6) is 0 Å². The number of nitrogens with zero attached hydrogens (tertiary/aromatic N) is 3. The number of halogens is 6. The third-order valence-electron chi connectivity index (χ3n) is 6.32. The molecule has 2 heterocycles. The van der Waals surface area contributed by atoms with Crippen LogP contribution in [0.3, 0.4) is 0 Å². The molecule has 15 heteroatoms. The Morgan fingerprint density at radius 3 is 1.34 bits per heavy atom. The number of alkyl halides is 6. The van der Waals surface area contributed by atoms with Crippen LogP contribution in [0, 0.1) is 0 Å². The van der Waals surface area contributed by atoms with Crippen molar-refractivity contribution in [2.75, 3.05) is 26.2 Å². The fourth-order valence-electron chi connectivity index (χ4n) is 4.05. The van der Waals surface area contributed by atoms with Crippen LogP contribution in [0.4, 0.5) is 26.3 Å². The highest BCUT2D eigenvalue weighted by molar-refractivity contribution is 5.90. The van der Waals surface area contributed by atoms with Crippen LogP contribution in [-0.4, -0.2) is 87.0 Å². The Morgan fingerprint density at radius 2 is 1.00 bits per heavy atom. The lowest BCUT2D eigenvalue weighted by Gasteiger charge is -2.34. The van der Waals surface area contributed by atoms with Gasteiger partial charge in [0.2, 0.25) is 0 Å². The minimum absolute atomic E-state index is 0.287. The van der Waals surface area contributed by atoms with Crippen molar-refractivity contribution >= 4 is 17.9 Å². The van der Waals surface area contributed by atoms with E-state index in [4.69, 9.17) is 24.5 Å². The van der Waals surface area contributed by atoms with Gasteiger partial charge in [-0.3, -0.25) is 14.8 Å². The topological polar surface area (TPSA) is 120 Å². The molecule has 1 aliphatic heterocycles. The first-order valence-corrected chi connectivity index (χ1v) is 14.1. The predicted molar refractivity (Wildman–Crippen MR) is 159 cm³/mol. The molecule has 1 aliphatic rings. The average molecular weight is 672 g/mol. The summed E-state index contributed by atoms with van der Waals surface area (Å²) in [6, 6.07) is 20.6. The minimum atomic E-state index is -5.08. The molecule has 3 aromatic rings. The molecule has 0 bridgehead atoms. The van der Waals surface area contributed by atoms with Gasteiger partial charge in [0.05, 0.1) is 5.56 Å². The first kappa shape index (κ1) is 38.7. The molecule has 2 aromatic carbocycles. The molecule has 0 saturated carbocycles. The summed E-state index contributed by atoms with van der Waals surface area (Å²) >= 11 is 0. The number of carbonyl (C=O) groups excluding carboxylic acids is 1. The van der Waals surface area contributed by atoms with Crippen LogP contribution < -0.4 is 0 Å². The van der Waals surface area contributed by atoms with Crippen molar-refractivity contribution in [2.45, 2.75) is 51.8 Å². The lowest BCUT2D eigenvalue weighted by molar-refractivity contribution is -0.193. The number of pyridine rings is 1. The van der Waals surface area contributed by atoms with Crippen molar-refractivity contribution in [1.29, 1.82) is 0 Å². The number of esters is 1. The zero-order chi connectivity index (χ0) is 35.4. The molecule has 1 aromatic heterocycles. The maximum absolute atomic E-state index is 12.2. The molecule has 9 nitrogen and oxygen atoms in total. The molecule has 0 radical (unpaired) electrons. The second-order valence-electron chi connectivity index (χ2n) is 11.3. The SMILES string of the molecule is CC(C)(C)OC(=O)c1ccc(-c2ccc(CN3CCN(Cc4ccncc4)CC3)cc2)cc1.O=C(O)C(F)(F)F.O=C(O)C(F)(F)F. The second-order valence-corrected chi connectivity index (χ2v) is 11.3. The van der Waals surface area contributed by atoms with Gasteiger partial charge in [-0.2, -0.15) is 26.3 Å². The Bertz CT molecular complexity index is 1410. The van der Waals surface area contributed by atoms with Crippen LogP contribution in [0.15, 0.2) is 73.1 Å². The van der Waals surface area contributed by atoms with E-state index in [0.29, 0.717) is 5.56 Å². The second kappa shape index (κ2) is 16.9. The largest absolute Gasteiger partial charge is 0.490 e. The molecule has 2 N–H and O–H groups in total. The van der Waals surface area contributed by atoms with Gasteiger partial charge in [0, 0.05) is 51.7 Å². The summed E-state index contributed by atoms with van der Waals surface area (Å²) in [4.78, 5) is 39.1. The van der Waals surface area contributed by atoms with Gasteiger partial charge in [0.15, 0.2) is 0 Å². The molecule has 1 saturated heterocycles. The summed E-state index contributed by atoms with van der Waals surface area (Å²) in [5.74, 6) is -5.80. The van der Waals surface area contributed by atoms with Gasteiger partial charge >= 0.3 is 30.3 Å². The number of carboxylic acid groups (broad SMARTS) is 2. The van der Waals surface area contributed by atoms with Crippen LogP contribution in [0.25, 0.3) is 11.1 Å². The maximum Gasteiger partial charge on any atom is 0.490 e. The van der Waals surface area contributed by atoms with E-state index in [0.717, 1.165) is 50.4 Å². The van der Waals surface area contributed by atoms with Gasteiger partial charge in [-0.15, -0.1) is 0 Å². The Morgan fingerprint density at radius 1 is 0.660 bits per heavy atom. The summed E-state index contributed by atoms with van der Waals surface area (Å²) in [5, 5.41) is 14.2. The van der Waals surface area contributed by atoms with E-state index < -0.39 is 29.9 Å². The number of aromatic nitrogens is 1.